The fraction of sp³-hybridized carbons (Fsp3) is 0.933. The van der Waals surface area contributed by atoms with Crippen molar-refractivity contribution in [2.45, 2.75) is 70.8 Å². The van der Waals surface area contributed by atoms with Gasteiger partial charge in [0.1, 0.15) is 0 Å². The van der Waals surface area contributed by atoms with Crippen LogP contribution in [0, 0.1) is 11.3 Å². The molecule has 2 aliphatic carbocycles. The van der Waals surface area contributed by atoms with Crippen molar-refractivity contribution in [3.8, 4) is 0 Å². The van der Waals surface area contributed by atoms with Crippen LogP contribution >= 0.6 is 0 Å². The van der Waals surface area contributed by atoms with Crippen molar-refractivity contribution in [2.75, 3.05) is 6.54 Å². The lowest BCUT2D eigenvalue weighted by molar-refractivity contribution is -0.124. The van der Waals surface area contributed by atoms with Crippen LogP contribution in [0.15, 0.2) is 0 Å². The number of carbonyl (C=O) groups excluding carboxylic acids is 1. The third-order valence-electron chi connectivity index (χ3n) is 4.94. The predicted octanol–water partition coefficient (Wildman–Crippen LogP) is 2.59. The summed E-state index contributed by atoms with van der Waals surface area (Å²) in [6, 6.07) is 0.422. The molecule has 0 spiro atoms. The number of amides is 1. The van der Waals surface area contributed by atoms with Gasteiger partial charge < -0.3 is 11.1 Å². The molecule has 2 rings (SSSR count). The molecule has 3 heteroatoms. The second-order valence-electron chi connectivity index (χ2n) is 6.62. The highest BCUT2D eigenvalue weighted by molar-refractivity contribution is 5.77. The van der Waals surface area contributed by atoms with E-state index in [-0.39, 0.29) is 11.3 Å². The molecule has 2 unspecified atom stereocenters. The van der Waals surface area contributed by atoms with Crippen LogP contribution in [0.5, 0.6) is 0 Å². The van der Waals surface area contributed by atoms with Crippen LogP contribution in [-0.2, 0) is 4.79 Å². The van der Waals surface area contributed by atoms with Crippen molar-refractivity contribution in [2.24, 2.45) is 17.1 Å². The van der Waals surface area contributed by atoms with E-state index in [0.29, 0.717) is 19.0 Å². The molecule has 0 aromatic heterocycles. The Morgan fingerprint density at radius 3 is 2.56 bits per heavy atom. The van der Waals surface area contributed by atoms with E-state index in [1.165, 1.54) is 25.7 Å². The first-order valence-corrected chi connectivity index (χ1v) is 7.63. The van der Waals surface area contributed by atoms with E-state index >= 15 is 0 Å². The highest BCUT2D eigenvalue weighted by Crippen LogP contribution is 2.38. The summed E-state index contributed by atoms with van der Waals surface area (Å²) in [5.41, 5.74) is 6.04. The van der Waals surface area contributed by atoms with Gasteiger partial charge in [0.25, 0.3) is 0 Å². The van der Waals surface area contributed by atoms with Crippen LogP contribution in [0.3, 0.4) is 0 Å². The van der Waals surface area contributed by atoms with Crippen LogP contribution < -0.4 is 11.1 Å². The average molecular weight is 252 g/mol. The third kappa shape index (κ3) is 3.47. The molecule has 2 fully saturated rings. The Morgan fingerprint density at radius 1 is 1.28 bits per heavy atom. The Hall–Kier alpha value is -0.570. The maximum absolute atomic E-state index is 12.2. The molecule has 18 heavy (non-hydrogen) atoms. The molecular weight excluding hydrogens is 224 g/mol. The zero-order valence-corrected chi connectivity index (χ0v) is 11.7. The lowest BCUT2D eigenvalue weighted by atomic mass is 9.71. The number of hydrogen-bond donors (Lipinski definition) is 2. The van der Waals surface area contributed by atoms with E-state index in [1.807, 2.05) is 0 Å². The largest absolute Gasteiger partial charge is 0.353 e. The molecule has 2 atom stereocenters. The Kier molecular flexibility index (Phi) is 4.66. The molecule has 0 aromatic carbocycles. The van der Waals surface area contributed by atoms with Crippen LogP contribution in [0.1, 0.15) is 64.7 Å². The number of hydrogen-bond acceptors (Lipinski definition) is 2. The number of nitrogens with one attached hydrogen (secondary N) is 1. The van der Waals surface area contributed by atoms with E-state index in [1.54, 1.807) is 0 Å². The van der Waals surface area contributed by atoms with Crippen LogP contribution in [0.2, 0.25) is 0 Å². The summed E-state index contributed by atoms with van der Waals surface area (Å²) in [6.07, 6.45) is 10.3. The maximum Gasteiger partial charge on any atom is 0.220 e. The fourth-order valence-electron chi connectivity index (χ4n) is 3.71. The molecule has 2 saturated carbocycles. The Morgan fingerprint density at radius 2 is 2.00 bits per heavy atom. The molecular formula is C15H28N2O. The number of carbonyl (C=O) groups is 1. The second-order valence-corrected chi connectivity index (χ2v) is 6.62. The molecule has 0 heterocycles. The summed E-state index contributed by atoms with van der Waals surface area (Å²) >= 11 is 0. The standard InChI is InChI=1S/C15H28N2O/c1-12-5-6-13(9-12)17-14(18)10-15(11-16)7-3-2-4-8-15/h12-13H,2-11,16H2,1H3,(H,17,18). The van der Waals surface area contributed by atoms with E-state index in [0.717, 1.165) is 31.6 Å². The van der Waals surface area contributed by atoms with Gasteiger partial charge in [-0.15, -0.1) is 0 Å². The van der Waals surface area contributed by atoms with E-state index < -0.39 is 0 Å². The van der Waals surface area contributed by atoms with Crippen molar-refractivity contribution in [3.05, 3.63) is 0 Å². The highest BCUT2D eigenvalue weighted by Gasteiger charge is 2.34. The highest BCUT2D eigenvalue weighted by atomic mass is 16.1. The van der Waals surface area contributed by atoms with E-state index in [2.05, 4.69) is 12.2 Å². The summed E-state index contributed by atoms with van der Waals surface area (Å²) in [5, 5.41) is 3.22. The molecule has 0 saturated heterocycles. The first-order chi connectivity index (χ1) is 8.63. The molecule has 3 nitrogen and oxygen atoms in total. The Bertz CT molecular complexity index is 284. The first kappa shape index (κ1) is 13.9. The van der Waals surface area contributed by atoms with Crippen molar-refractivity contribution in [3.63, 3.8) is 0 Å². The average Bonchev–Trinajstić information content (AvgIpc) is 2.75. The van der Waals surface area contributed by atoms with Gasteiger partial charge in [-0.05, 0) is 50.0 Å². The Balaban J connectivity index is 1.81. The minimum Gasteiger partial charge on any atom is -0.353 e. The monoisotopic (exact) mass is 252 g/mol. The molecule has 3 N–H and O–H groups in total. The molecule has 104 valence electrons. The van der Waals surface area contributed by atoms with Crippen molar-refractivity contribution in [1.82, 2.24) is 5.32 Å². The molecule has 1 amide bonds. The molecule has 0 bridgehead atoms. The van der Waals surface area contributed by atoms with Gasteiger partial charge in [0.15, 0.2) is 0 Å². The van der Waals surface area contributed by atoms with Gasteiger partial charge >= 0.3 is 0 Å². The lowest BCUT2D eigenvalue weighted by Crippen LogP contribution is -2.41. The van der Waals surface area contributed by atoms with Gasteiger partial charge in [-0.2, -0.15) is 0 Å². The summed E-state index contributed by atoms with van der Waals surface area (Å²) < 4.78 is 0. The van der Waals surface area contributed by atoms with Crippen LogP contribution in [0.4, 0.5) is 0 Å². The zero-order chi connectivity index (χ0) is 13.0. The summed E-state index contributed by atoms with van der Waals surface area (Å²) in [4.78, 5) is 12.2. The van der Waals surface area contributed by atoms with Gasteiger partial charge in [-0.3, -0.25) is 4.79 Å². The molecule has 0 aromatic rings. The number of rotatable bonds is 4. The van der Waals surface area contributed by atoms with Gasteiger partial charge in [0.2, 0.25) is 5.91 Å². The smallest absolute Gasteiger partial charge is 0.220 e. The predicted molar refractivity (Wildman–Crippen MR) is 74.1 cm³/mol. The number of nitrogens with two attached hydrogens (primary N) is 1. The lowest BCUT2D eigenvalue weighted by Gasteiger charge is -2.36. The topological polar surface area (TPSA) is 55.1 Å². The van der Waals surface area contributed by atoms with Gasteiger partial charge in [-0.1, -0.05) is 26.2 Å². The first-order valence-electron chi connectivity index (χ1n) is 7.63. The minimum absolute atomic E-state index is 0.104. The zero-order valence-electron chi connectivity index (χ0n) is 11.7. The van der Waals surface area contributed by atoms with Crippen molar-refractivity contribution >= 4 is 5.91 Å². The van der Waals surface area contributed by atoms with E-state index in [9.17, 15) is 4.79 Å². The molecule has 2 aliphatic rings. The fourth-order valence-corrected chi connectivity index (χ4v) is 3.71. The Labute approximate surface area is 111 Å². The van der Waals surface area contributed by atoms with Gasteiger partial charge in [0.05, 0.1) is 0 Å². The molecule has 0 radical (unpaired) electrons. The van der Waals surface area contributed by atoms with Crippen molar-refractivity contribution < 1.29 is 4.79 Å². The summed E-state index contributed by atoms with van der Waals surface area (Å²) in [5.74, 6) is 1.01. The van der Waals surface area contributed by atoms with Crippen LogP contribution in [-0.4, -0.2) is 18.5 Å². The van der Waals surface area contributed by atoms with Crippen LogP contribution in [0.25, 0.3) is 0 Å². The quantitative estimate of drug-likeness (QED) is 0.808. The summed E-state index contributed by atoms with van der Waals surface area (Å²) in [6.45, 7) is 2.94. The van der Waals surface area contributed by atoms with Gasteiger partial charge in [0, 0.05) is 12.5 Å². The third-order valence-corrected chi connectivity index (χ3v) is 4.94. The maximum atomic E-state index is 12.2. The second kappa shape index (κ2) is 6.05. The van der Waals surface area contributed by atoms with Gasteiger partial charge in [-0.25, -0.2) is 0 Å². The normalized spacial score (nSPS) is 31.2. The SMILES string of the molecule is CC1CCC(NC(=O)CC2(CN)CCCCC2)C1. The van der Waals surface area contributed by atoms with E-state index in [4.69, 9.17) is 5.73 Å². The minimum atomic E-state index is 0.104. The molecule has 0 aliphatic heterocycles. The summed E-state index contributed by atoms with van der Waals surface area (Å²) in [7, 11) is 0. The van der Waals surface area contributed by atoms with Crippen molar-refractivity contribution in [1.29, 1.82) is 0 Å².